The van der Waals surface area contributed by atoms with Gasteiger partial charge in [0.15, 0.2) is 0 Å². The Bertz CT molecular complexity index is 418. The Morgan fingerprint density at radius 3 is 2.94 bits per heavy atom. The fraction of sp³-hybridized carbons (Fsp3) is 0.667. The highest BCUT2D eigenvalue weighted by atomic mass is 16.6. The van der Waals surface area contributed by atoms with E-state index in [1.807, 2.05) is 0 Å². The van der Waals surface area contributed by atoms with Crippen LogP contribution in [0.1, 0.15) is 31.9 Å². The molecular formula is C12H19N3O3. The van der Waals surface area contributed by atoms with Gasteiger partial charge in [-0.25, -0.2) is 0 Å². The van der Waals surface area contributed by atoms with Gasteiger partial charge >= 0.3 is 5.88 Å². The summed E-state index contributed by atoms with van der Waals surface area (Å²) in [4.78, 5) is 12.3. The van der Waals surface area contributed by atoms with Crippen LogP contribution in [0.4, 0.5) is 5.88 Å². The van der Waals surface area contributed by atoms with Gasteiger partial charge in [0, 0.05) is 18.6 Å². The van der Waals surface area contributed by atoms with Gasteiger partial charge < -0.3 is 10.2 Å². The second-order valence-electron chi connectivity index (χ2n) is 4.84. The van der Waals surface area contributed by atoms with E-state index in [9.17, 15) is 10.1 Å². The van der Waals surface area contributed by atoms with Crippen LogP contribution in [0.15, 0.2) is 16.5 Å². The normalized spacial score (nSPS) is 25.2. The predicted molar refractivity (Wildman–Crippen MR) is 67.1 cm³/mol. The van der Waals surface area contributed by atoms with Crippen LogP contribution in [0.3, 0.4) is 0 Å². The highest BCUT2D eigenvalue weighted by Crippen LogP contribution is 2.26. The Morgan fingerprint density at radius 2 is 2.33 bits per heavy atom. The molecule has 1 saturated heterocycles. The third kappa shape index (κ3) is 2.70. The monoisotopic (exact) mass is 253 g/mol. The van der Waals surface area contributed by atoms with Crippen molar-refractivity contribution in [1.82, 2.24) is 4.90 Å². The molecule has 2 heterocycles. The average Bonchev–Trinajstić information content (AvgIpc) is 2.80. The average molecular weight is 253 g/mol. The Morgan fingerprint density at radius 1 is 1.56 bits per heavy atom. The van der Waals surface area contributed by atoms with Crippen molar-refractivity contribution >= 4 is 5.88 Å². The maximum absolute atomic E-state index is 10.6. The zero-order chi connectivity index (χ0) is 13.1. The van der Waals surface area contributed by atoms with Gasteiger partial charge in [0.1, 0.15) is 10.7 Å². The van der Waals surface area contributed by atoms with Crippen molar-refractivity contribution in [3.8, 4) is 0 Å². The maximum Gasteiger partial charge on any atom is 0.433 e. The largest absolute Gasteiger partial charge is 0.433 e. The summed E-state index contributed by atoms with van der Waals surface area (Å²) < 4.78 is 5.21. The van der Waals surface area contributed by atoms with Crippen LogP contribution in [-0.2, 0) is 6.54 Å². The number of furan rings is 1. The molecule has 0 amide bonds. The van der Waals surface area contributed by atoms with Crippen molar-refractivity contribution in [1.29, 1.82) is 0 Å². The van der Waals surface area contributed by atoms with Crippen LogP contribution in [0.2, 0.25) is 0 Å². The number of nitrogens with two attached hydrogens (primary N) is 1. The van der Waals surface area contributed by atoms with Gasteiger partial charge in [0.2, 0.25) is 0 Å². The number of rotatable bonds is 4. The number of hydrogen-bond acceptors (Lipinski definition) is 5. The Labute approximate surface area is 106 Å². The van der Waals surface area contributed by atoms with Crippen LogP contribution in [0, 0.1) is 10.1 Å². The molecule has 100 valence electrons. The first-order valence-corrected chi connectivity index (χ1v) is 6.30. The number of nitrogens with zero attached hydrogens (tertiary/aromatic N) is 2. The lowest BCUT2D eigenvalue weighted by atomic mass is 9.96. The molecule has 2 unspecified atom stereocenters. The van der Waals surface area contributed by atoms with Crippen LogP contribution < -0.4 is 5.73 Å². The summed E-state index contributed by atoms with van der Waals surface area (Å²) in [5.41, 5.74) is 5.78. The molecule has 18 heavy (non-hydrogen) atoms. The van der Waals surface area contributed by atoms with Gasteiger partial charge in [-0.1, -0.05) is 6.42 Å². The molecule has 0 bridgehead atoms. The molecule has 0 saturated carbocycles. The SMILES string of the molecule is CC1CCCC(CN)N1Cc1ccc([N+](=O)[O-])o1. The molecular weight excluding hydrogens is 234 g/mol. The van der Waals surface area contributed by atoms with Crippen molar-refractivity contribution in [2.45, 2.75) is 44.8 Å². The molecule has 6 nitrogen and oxygen atoms in total. The first-order chi connectivity index (χ1) is 8.61. The number of hydrogen-bond donors (Lipinski definition) is 1. The number of likely N-dealkylation sites (tertiary alicyclic amines) is 1. The molecule has 0 spiro atoms. The summed E-state index contributed by atoms with van der Waals surface area (Å²) in [7, 11) is 0. The van der Waals surface area contributed by atoms with Crippen molar-refractivity contribution in [3.05, 3.63) is 28.0 Å². The number of nitro groups is 1. The zero-order valence-corrected chi connectivity index (χ0v) is 10.5. The van der Waals surface area contributed by atoms with E-state index < -0.39 is 4.92 Å². The molecule has 1 aliphatic rings. The summed E-state index contributed by atoms with van der Waals surface area (Å²) in [6.45, 7) is 3.38. The molecule has 1 fully saturated rings. The van der Waals surface area contributed by atoms with Gasteiger partial charge in [-0.2, -0.15) is 0 Å². The quantitative estimate of drug-likeness (QED) is 0.654. The van der Waals surface area contributed by atoms with E-state index in [2.05, 4.69) is 11.8 Å². The molecule has 0 aliphatic carbocycles. The summed E-state index contributed by atoms with van der Waals surface area (Å²) in [5.74, 6) is 0.438. The molecule has 1 aromatic rings. The molecule has 2 rings (SSSR count). The van der Waals surface area contributed by atoms with E-state index in [0.717, 1.165) is 12.8 Å². The highest BCUT2D eigenvalue weighted by Gasteiger charge is 2.28. The lowest BCUT2D eigenvalue weighted by Crippen LogP contribution is -2.48. The van der Waals surface area contributed by atoms with Crippen molar-refractivity contribution in [3.63, 3.8) is 0 Å². The van der Waals surface area contributed by atoms with Gasteiger partial charge in [-0.05, 0) is 25.8 Å². The van der Waals surface area contributed by atoms with Crippen LogP contribution >= 0.6 is 0 Å². The van der Waals surface area contributed by atoms with Gasteiger partial charge in [0.25, 0.3) is 0 Å². The van der Waals surface area contributed by atoms with Crippen LogP contribution in [0.5, 0.6) is 0 Å². The molecule has 6 heteroatoms. The van der Waals surface area contributed by atoms with Crippen molar-refractivity contribution in [2.75, 3.05) is 6.54 Å². The minimum absolute atomic E-state index is 0.195. The maximum atomic E-state index is 10.6. The van der Waals surface area contributed by atoms with E-state index in [1.54, 1.807) is 6.07 Å². The minimum atomic E-state index is -0.510. The van der Waals surface area contributed by atoms with E-state index in [-0.39, 0.29) is 5.88 Å². The van der Waals surface area contributed by atoms with Gasteiger partial charge in [0.05, 0.1) is 12.6 Å². The van der Waals surface area contributed by atoms with E-state index in [1.165, 1.54) is 12.5 Å². The van der Waals surface area contributed by atoms with Crippen molar-refractivity contribution in [2.24, 2.45) is 5.73 Å². The third-order valence-corrected chi connectivity index (χ3v) is 3.63. The fourth-order valence-electron chi connectivity index (χ4n) is 2.61. The van der Waals surface area contributed by atoms with E-state index >= 15 is 0 Å². The first kappa shape index (κ1) is 13.0. The fourth-order valence-corrected chi connectivity index (χ4v) is 2.61. The topological polar surface area (TPSA) is 85.5 Å². The third-order valence-electron chi connectivity index (χ3n) is 3.63. The molecule has 2 N–H and O–H groups in total. The Kier molecular flexibility index (Phi) is 3.98. The Balaban J connectivity index is 2.07. The second kappa shape index (κ2) is 5.49. The lowest BCUT2D eigenvalue weighted by molar-refractivity contribution is -0.402. The second-order valence-corrected chi connectivity index (χ2v) is 4.84. The predicted octanol–water partition coefficient (Wildman–Crippen LogP) is 1.89. The van der Waals surface area contributed by atoms with Crippen LogP contribution in [-0.4, -0.2) is 28.5 Å². The van der Waals surface area contributed by atoms with Crippen molar-refractivity contribution < 1.29 is 9.34 Å². The van der Waals surface area contributed by atoms with Gasteiger partial charge in [-0.3, -0.25) is 15.0 Å². The van der Waals surface area contributed by atoms with E-state index in [4.69, 9.17) is 10.2 Å². The number of piperidine rings is 1. The standard InChI is InChI=1S/C12H19N3O3/c1-9-3-2-4-10(7-13)14(9)8-11-5-6-12(18-11)15(16)17/h5-6,9-10H,2-4,7-8,13H2,1H3. The smallest absolute Gasteiger partial charge is 0.404 e. The molecule has 1 aromatic heterocycles. The zero-order valence-electron chi connectivity index (χ0n) is 10.5. The summed E-state index contributed by atoms with van der Waals surface area (Å²) in [5, 5.41) is 10.6. The summed E-state index contributed by atoms with van der Waals surface area (Å²) in [6, 6.07) is 3.86. The lowest BCUT2D eigenvalue weighted by Gasteiger charge is -2.39. The minimum Gasteiger partial charge on any atom is -0.404 e. The van der Waals surface area contributed by atoms with Crippen LogP contribution in [0.25, 0.3) is 0 Å². The van der Waals surface area contributed by atoms with Gasteiger partial charge in [-0.15, -0.1) is 0 Å². The Hall–Kier alpha value is -1.40. The molecule has 1 aliphatic heterocycles. The summed E-state index contributed by atoms with van der Waals surface area (Å²) in [6.07, 6.45) is 3.42. The first-order valence-electron chi connectivity index (χ1n) is 6.30. The highest BCUT2D eigenvalue weighted by molar-refractivity contribution is 5.17. The van der Waals surface area contributed by atoms with E-state index in [0.29, 0.717) is 30.9 Å². The summed E-state index contributed by atoms with van der Waals surface area (Å²) >= 11 is 0. The molecule has 0 radical (unpaired) electrons. The molecule has 2 atom stereocenters. The molecule has 0 aromatic carbocycles.